The minimum Gasteiger partial charge on any atom is -0.494 e. The summed E-state index contributed by atoms with van der Waals surface area (Å²) in [5.41, 5.74) is -0.286. The van der Waals surface area contributed by atoms with Crippen molar-refractivity contribution in [2.45, 2.75) is 130 Å². The molecular weight excluding hydrogens is 921 g/mol. The predicted molar refractivity (Wildman–Crippen MR) is 270 cm³/mol. The minimum absolute atomic E-state index is 0.0714. The molecule has 5 rings (SSSR count). The van der Waals surface area contributed by atoms with Crippen LogP contribution in [0.4, 0.5) is 0 Å². The van der Waals surface area contributed by atoms with E-state index >= 15 is 0 Å². The quantitative estimate of drug-likeness (QED) is 0.0195. The third-order valence-electron chi connectivity index (χ3n) is 11.4. The maximum Gasteiger partial charge on any atom is 0.343 e. The number of hydrogen-bond acceptors (Lipinski definition) is 14. The number of esters is 4. The SMILES string of the molecule is CCCCCCOc1ccc(C(=O)OC2=C(OC(=O)c3ccc(OCCCCCC)cc3)C(=O)C(OC(=O)c3ccc(OCCCCCC)cc3)=C(OC(=O)c3ccc(OCCCCCC)cc3)C2=O)cc1. The number of ketones is 2. The molecule has 384 valence electrons. The number of unbranched alkanes of at least 4 members (excludes halogenated alkanes) is 12. The van der Waals surface area contributed by atoms with Crippen LogP contribution in [0.1, 0.15) is 172 Å². The molecule has 4 aromatic rings. The summed E-state index contributed by atoms with van der Waals surface area (Å²) < 4.78 is 45.6. The summed E-state index contributed by atoms with van der Waals surface area (Å²) in [4.78, 5) is 84.8. The van der Waals surface area contributed by atoms with Gasteiger partial charge in [0.05, 0.1) is 48.7 Å². The Morgan fingerprint density at radius 2 is 0.486 bits per heavy atom. The maximum atomic E-state index is 14.7. The lowest BCUT2D eigenvalue weighted by Crippen LogP contribution is -2.32. The highest BCUT2D eigenvalue weighted by atomic mass is 16.6. The lowest BCUT2D eigenvalue weighted by Gasteiger charge is -2.22. The van der Waals surface area contributed by atoms with Gasteiger partial charge in [0.2, 0.25) is 23.0 Å². The third kappa shape index (κ3) is 17.6. The fourth-order valence-corrected chi connectivity index (χ4v) is 7.22. The van der Waals surface area contributed by atoms with Crippen molar-refractivity contribution in [3.63, 3.8) is 0 Å². The van der Waals surface area contributed by atoms with E-state index in [0.29, 0.717) is 49.4 Å². The number of hydrogen-bond donors (Lipinski definition) is 0. The van der Waals surface area contributed by atoms with Crippen LogP contribution in [0.25, 0.3) is 0 Å². The van der Waals surface area contributed by atoms with Crippen LogP contribution < -0.4 is 18.9 Å². The molecule has 0 saturated carbocycles. The Bertz CT molecular complexity index is 2110. The van der Waals surface area contributed by atoms with Gasteiger partial charge < -0.3 is 37.9 Å². The minimum atomic E-state index is -1.42. The molecule has 14 nitrogen and oxygen atoms in total. The molecule has 0 aromatic heterocycles. The molecule has 0 N–H and O–H groups in total. The van der Waals surface area contributed by atoms with Gasteiger partial charge in [-0.25, -0.2) is 19.2 Å². The zero-order chi connectivity index (χ0) is 51.5. The summed E-state index contributed by atoms with van der Waals surface area (Å²) in [5.74, 6) is -9.88. The number of carbonyl (C=O) groups excluding carboxylic acids is 6. The molecule has 0 spiro atoms. The van der Waals surface area contributed by atoms with E-state index in [0.717, 1.165) is 103 Å². The van der Waals surface area contributed by atoms with Gasteiger partial charge >= 0.3 is 23.9 Å². The van der Waals surface area contributed by atoms with Gasteiger partial charge in [-0.2, -0.15) is 0 Å². The zero-order valence-electron chi connectivity index (χ0n) is 42.1. The Kier molecular flexibility index (Phi) is 23.6. The van der Waals surface area contributed by atoms with Crippen LogP contribution in [-0.4, -0.2) is 61.9 Å². The fraction of sp³-hybridized carbons (Fsp3) is 0.414. The van der Waals surface area contributed by atoms with Gasteiger partial charge in [-0.05, 0) is 123 Å². The molecule has 1 aliphatic rings. The molecule has 4 aromatic carbocycles. The monoisotopic (exact) mass is 988 g/mol. The third-order valence-corrected chi connectivity index (χ3v) is 11.4. The van der Waals surface area contributed by atoms with Crippen molar-refractivity contribution >= 4 is 35.4 Å². The molecule has 0 fully saturated rings. The largest absolute Gasteiger partial charge is 0.494 e. The van der Waals surface area contributed by atoms with E-state index in [1.165, 1.54) is 97.1 Å². The highest BCUT2D eigenvalue weighted by Gasteiger charge is 2.45. The van der Waals surface area contributed by atoms with Crippen molar-refractivity contribution < 1.29 is 66.7 Å². The van der Waals surface area contributed by atoms with Crippen LogP contribution in [0.15, 0.2) is 120 Å². The normalized spacial score (nSPS) is 12.3. The van der Waals surface area contributed by atoms with Crippen molar-refractivity contribution in [1.29, 1.82) is 0 Å². The molecule has 0 saturated heterocycles. The Hall–Kier alpha value is -7.22. The van der Waals surface area contributed by atoms with Crippen molar-refractivity contribution in [2.75, 3.05) is 26.4 Å². The van der Waals surface area contributed by atoms with Gasteiger partial charge in [-0.1, -0.05) is 105 Å². The first kappa shape index (κ1) is 55.7. The summed E-state index contributed by atoms with van der Waals surface area (Å²) in [6.45, 7) is 10.3. The maximum absolute atomic E-state index is 14.7. The lowest BCUT2D eigenvalue weighted by atomic mass is 10.0. The molecule has 0 aliphatic heterocycles. The zero-order valence-corrected chi connectivity index (χ0v) is 42.1. The average molecular weight is 989 g/mol. The van der Waals surface area contributed by atoms with Gasteiger partial charge in [0.25, 0.3) is 11.6 Å². The topological polar surface area (TPSA) is 176 Å². The molecule has 72 heavy (non-hydrogen) atoms. The second-order valence-electron chi connectivity index (χ2n) is 17.3. The van der Waals surface area contributed by atoms with E-state index in [9.17, 15) is 28.8 Å². The first-order valence-electron chi connectivity index (χ1n) is 25.4. The average Bonchev–Trinajstić information content (AvgIpc) is 3.40. The smallest absolute Gasteiger partial charge is 0.343 e. The summed E-state index contributed by atoms with van der Waals surface area (Å²) in [6, 6.07) is 23.5. The first-order chi connectivity index (χ1) is 35.1. The molecule has 14 heteroatoms. The van der Waals surface area contributed by atoms with Crippen LogP contribution in [0, 0.1) is 0 Å². The molecule has 0 bridgehead atoms. The number of Topliss-reactive ketones (excluding diaryl/α,β-unsaturated/α-hetero) is 2. The number of ether oxygens (including phenoxy) is 8. The van der Waals surface area contributed by atoms with Gasteiger partial charge in [-0.3, -0.25) is 9.59 Å². The summed E-state index contributed by atoms with van der Waals surface area (Å²) in [5, 5.41) is 0. The fourth-order valence-electron chi connectivity index (χ4n) is 7.22. The van der Waals surface area contributed by atoms with Gasteiger partial charge in [0, 0.05) is 0 Å². The van der Waals surface area contributed by atoms with Crippen molar-refractivity contribution in [3.8, 4) is 23.0 Å². The van der Waals surface area contributed by atoms with Crippen LogP contribution in [0.3, 0.4) is 0 Å². The predicted octanol–water partition coefficient (Wildman–Crippen LogP) is 12.8. The first-order valence-corrected chi connectivity index (χ1v) is 25.4. The summed E-state index contributed by atoms with van der Waals surface area (Å²) in [7, 11) is 0. The van der Waals surface area contributed by atoms with Crippen molar-refractivity contribution in [3.05, 3.63) is 142 Å². The molecule has 0 radical (unpaired) electrons. The molecule has 0 heterocycles. The van der Waals surface area contributed by atoms with Crippen molar-refractivity contribution in [2.24, 2.45) is 0 Å². The lowest BCUT2D eigenvalue weighted by molar-refractivity contribution is -0.124. The second kappa shape index (κ2) is 30.5. The standard InChI is InChI=1S/C58H68O14/c1-5-9-13-17-37-65-45-29-21-41(22-30-45)55(61)69-51-49(59)53(71-57(63)43-25-33-47(34-26-43)67-39-19-15-11-7-3)54(72-58(64)44-27-35-48(36-28-44)68-40-20-16-12-8-4)50(60)52(51)70-56(62)42-23-31-46(32-24-42)66-38-18-14-10-6-2/h21-36H,5-20,37-40H2,1-4H3. The molecule has 0 atom stereocenters. The van der Waals surface area contributed by atoms with E-state index in [2.05, 4.69) is 27.7 Å². The van der Waals surface area contributed by atoms with Gasteiger partial charge in [-0.15, -0.1) is 0 Å². The van der Waals surface area contributed by atoms with E-state index in [-0.39, 0.29) is 22.3 Å². The highest BCUT2D eigenvalue weighted by Crippen LogP contribution is 2.32. The highest BCUT2D eigenvalue weighted by molar-refractivity contribution is 6.24. The van der Waals surface area contributed by atoms with Gasteiger partial charge in [0.15, 0.2) is 0 Å². The van der Waals surface area contributed by atoms with E-state index in [4.69, 9.17) is 37.9 Å². The van der Waals surface area contributed by atoms with Crippen LogP contribution >= 0.6 is 0 Å². The van der Waals surface area contributed by atoms with Gasteiger partial charge in [0.1, 0.15) is 23.0 Å². The Balaban J connectivity index is 1.47. The van der Waals surface area contributed by atoms with Crippen LogP contribution in [0.5, 0.6) is 23.0 Å². The molecular formula is C58H68O14. The molecule has 1 aliphatic carbocycles. The number of benzene rings is 4. The molecule has 0 amide bonds. The second-order valence-corrected chi connectivity index (χ2v) is 17.3. The van der Waals surface area contributed by atoms with Crippen LogP contribution in [-0.2, 0) is 28.5 Å². The van der Waals surface area contributed by atoms with Crippen LogP contribution in [0.2, 0.25) is 0 Å². The van der Waals surface area contributed by atoms with E-state index < -0.39 is 58.5 Å². The Morgan fingerprint density at radius 3 is 0.667 bits per heavy atom. The van der Waals surface area contributed by atoms with E-state index in [1.54, 1.807) is 0 Å². The van der Waals surface area contributed by atoms with E-state index in [1.807, 2.05) is 0 Å². The Morgan fingerprint density at radius 1 is 0.292 bits per heavy atom. The van der Waals surface area contributed by atoms with Crippen molar-refractivity contribution in [1.82, 2.24) is 0 Å². The number of carbonyl (C=O) groups is 6. The summed E-state index contributed by atoms with van der Waals surface area (Å²) >= 11 is 0. The Labute approximate surface area is 423 Å². The molecule has 0 unspecified atom stereocenters. The number of rotatable bonds is 32. The summed E-state index contributed by atoms with van der Waals surface area (Å²) in [6.07, 6.45) is 16.0.